The summed E-state index contributed by atoms with van der Waals surface area (Å²) >= 11 is 0. The Morgan fingerprint density at radius 2 is 2.06 bits per heavy atom. The summed E-state index contributed by atoms with van der Waals surface area (Å²) in [6.45, 7) is 1.85. The number of sulfone groups is 1. The molecule has 1 rings (SSSR count). The molecule has 0 saturated heterocycles. The molecule has 3 N–H and O–H groups in total. The third-order valence-electron chi connectivity index (χ3n) is 2.44. The number of carbonyl (C=O) groups excluding carboxylic acids is 1. The maximum atomic E-state index is 11.6. The Hall–Kier alpha value is -1.56. The van der Waals surface area contributed by atoms with Crippen molar-refractivity contribution in [3.63, 3.8) is 0 Å². The first kappa shape index (κ1) is 14.5. The SMILES string of the molecule is Cc1cc(N)ccc1NC(=O)CCCS(C)(=O)=O. The van der Waals surface area contributed by atoms with Crippen molar-refractivity contribution in [2.45, 2.75) is 19.8 Å². The first-order valence-electron chi connectivity index (χ1n) is 5.61. The van der Waals surface area contributed by atoms with Crippen LogP contribution in [0.3, 0.4) is 0 Å². The zero-order valence-corrected chi connectivity index (χ0v) is 11.4. The number of hydrogen-bond acceptors (Lipinski definition) is 4. The minimum atomic E-state index is -3.00. The predicted molar refractivity (Wildman–Crippen MR) is 73.2 cm³/mol. The van der Waals surface area contributed by atoms with E-state index in [9.17, 15) is 13.2 Å². The molecule has 0 aliphatic rings. The van der Waals surface area contributed by atoms with Crippen molar-refractivity contribution >= 4 is 27.1 Å². The van der Waals surface area contributed by atoms with Crippen LogP contribution in [0.1, 0.15) is 18.4 Å². The molecule has 0 radical (unpaired) electrons. The van der Waals surface area contributed by atoms with Gasteiger partial charge >= 0.3 is 0 Å². The third-order valence-corrected chi connectivity index (χ3v) is 3.47. The van der Waals surface area contributed by atoms with Crippen molar-refractivity contribution < 1.29 is 13.2 Å². The standard InChI is InChI=1S/C12H18N2O3S/c1-9-8-10(13)5-6-11(9)14-12(15)4-3-7-18(2,16)17/h5-6,8H,3-4,7,13H2,1-2H3,(H,14,15). The van der Waals surface area contributed by atoms with Crippen LogP contribution < -0.4 is 11.1 Å². The van der Waals surface area contributed by atoms with Gasteiger partial charge in [0.05, 0.1) is 5.75 Å². The topological polar surface area (TPSA) is 89.3 Å². The Morgan fingerprint density at radius 1 is 1.39 bits per heavy atom. The van der Waals surface area contributed by atoms with E-state index in [0.717, 1.165) is 11.8 Å². The van der Waals surface area contributed by atoms with Crippen LogP contribution in [0.25, 0.3) is 0 Å². The van der Waals surface area contributed by atoms with Crippen molar-refractivity contribution in [3.8, 4) is 0 Å². The van der Waals surface area contributed by atoms with E-state index in [2.05, 4.69) is 5.32 Å². The summed E-state index contributed by atoms with van der Waals surface area (Å²) in [5, 5.41) is 2.73. The van der Waals surface area contributed by atoms with Gasteiger partial charge in [0, 0.05) is 24.1 Å². The first-order valence-corrected chi connectivity index (χ1v) is 7.68. The van der Waals surface area contributed by atoms with Crippen molar-refractivity contribution in [3.05, 3.63) is 23.8 Å². The Balaban J connectivity index is 2.50. The first-order chi connectivity index (χ1) is 8.28. The summed E-state index contributed by atoms with van der Waals surface area (Å²) < 4.78 is 21.8. The molecule has 5 nitrogen and oxygen atoms in total. The Kier molecular flexibility index (Phi) is 4.72. The van der Waals surface area contributed by atoms with Gasteiger partial charge < -0.3 is 11.1 Å². The fourth-order valence-electron chi connectivity index (χ4n) is 1.53. The van der Waals surface area contributed by atoms with E-state index in [-0.39, 0.29) is 18.1 Å². The van der Waals surface area contributed by atoms with Crippen molar-refractivity contribution in [1.82, 2.24) is 0 Å². The molecule has 0 saturated carbocycles. The third kappa shape index (κ3) is 5.18. The number of nitrogen functional groups attached to an aromatic ring is 1. The lowest BCUT2D eigenvalue weighted by Crippen LogP contribution is -2.14. The summed E-state index contributed by atoms with van der Waals surface area (Å²) in [5.41, 5.74) is 7.83. The maximum absolute atomic E-state index is 11.6. The van der Waals surface area contributed by atoms with Crippen LogP contribution in [-0.4, -0.2) is 26.3 Å². The molecule has 6 heteroatoms. The smallest absolute Gasteiger partial charge is 0.224 e. The van der Waals surface area contributed by atoms with Gasteiger partial charge in [-0.2, -0.15) is 0 Å². The average Bonchev–Trinajstić information content (AvgIpc) is 2.20. The van der Waals surface area contributed by atoms with E-state index in [1.54, 1.807) is 18.2 Å². The zero-order chi connectivity index (χ0) is 13.8. The molecule has 1 amide bonds. The number of hydrogen-bond donors (Lipinski definition) is 2. The van der Waals surface area contributed by atoms with Crippen LogP contribution in [0.4, 0.5) is 11.4 Å². The summed E-state index contributed by atoms with van der Waals surface area (Å²) in [4.78, 5) is 11.6. The molecule has 0 spiro atoms. The lowest BCUT2D eigenvalue weighted by molar-refractivity contribution is -0.116. The number of rotatable bonds is 5. The predicted octanol–water partition coefficient (Wildman–Crippen LogP) is 1.34. The number of amides is 1. The van der Waals surface area contributed by atoms with Gasteiger partial charge in [-0.15, -0.1) is 0 Å². The van der Waals surface area contributed by atoms with Gasteiger partial charge in [-0.05, 0) is 37.1 Å². The number of benzene rings is 1. The van der Waals surface area contributed by atoms with Crippen LogP contribution >= 0.6 is 0 Å². The Bertz CT molecular complexity index is 538. The summed E-state index contributed by atoms with van der Waals surface area (Å²) in [6, 6.07) is 5.21. The quantitative estimate of drug-likeness (QED) is 0.790. The zero-order valence-electron chi connectivity index (χ0n) is 10.6. The second-order valence-electron chi connectivity index (χ2n) is 4.36. The molecule has 1 aromatic carbocycles. The highest BCUT2D eigenvalue weighted by Gasteiger charge is 2.07. The maximum Gasteiger partial charge on any atom is 0.224 e. The largest absolute Gasteiger partial charge is 0.399 e. The van der Waals surface area contributed by atoms with Crippen LogP contribution in [0, 0.1) is 6.92 Å². The van der Waals surface area contributed by atoms with Crippen LogP contribution in [0.2, 0.25) is 0 Å². The van der Waals surface area contributed by atoms with Gasteiger partial charge in [-0.25, -0.2) is 8.42 Å². The van der Waals surface area contributed by atoms with E-state index < -0.39 is 9.84 Å². The van der Waals surface area contributed by atoms with E-state index in [1.807, 2.05) is 6.92 Å². The summed E-state index contributed by atoms with van der Waals surface area (Å²) in [6.07, 6.45) is 1.69. The van der Waals surface area contributed by atoms with Gasteiger partial charge in [0.1, 0.15) is 9.84 Å². The molecule has 0 atom stereocenters. The van der Waals surface area contributed by atoms with Gasteiger partial charge in [0.15, 0.2) is 0 Å². The highest BCUT2D eigenvalue weighted by molar-refractivity contribution is 7.90. The van der Waals surface area contributed by atoms with E-state index in [1.165, 1.54) is 0 Å². The molecule has 0 heterocycles. The second kappa shape index (κ2) is 5.86. The van der Waals surface area contributed by atoms with Crippen LogP contribution in [-0.2, 0) is 14.6 Å². The number of anilines is 2. The number of nitrogens with one attached hydrogen (secondary N) is 1. The molecule has 0 aliphatic carbocycles. The van der Waals surface area contributed by atoms with Crippen molar-refractivity contribution in [1.29, 1.82) is 0 Å². The highest BCUT2D eigenvalue weighted by atomic mass is 32.2. The monoisotopic (exact) mass is 270 g/mol. The van der Waals surface area contributed by atoms with E-state index in [0.29, 0.717) is 17.8 Å². The minimum Gasteiger partial charge on any atom is -0.399 e. The molecular weight excluding hydrogens is 252 g/mol. The van der Waals surface area contributed by atoms with Gasteiger partial charge in [0.25, 0.3) is 0 Å². The summed E-state index contributed by atoms with van der Waals surface area (Å²) in [5.74, 6) is -0.159. The van der Waals surface area contributed by atoms with E-state index >= 15 is 0 Å². The number of aryl methyl sites for hydroxylation is 1. The number of carbonyl (C=O) groups is 1. The summed E-state index contributed by atoms with van der Waals surface area (Å²) in [7, 11) is -3.00. The van der Waals surface area contributed by atoms with E-state index in [4.69, 9.17) is 5.73 Å². The number of nitrogens with two attached hydrogens (primary N) is 1. The highest BCUT2D eigenvalue weighted by Crippen LogP contribution is 2.17. The van der Waals surface area contributed by atoms with Gasteiger partial charge in [0.2, 0.25) is 5.91 Å². The lowest BCUT2D eigenvalue weighted by Gasteiger charge is -2.08. The molecule has 0 fully saturated rings. The lowest BCUT2D eigenvalue weighted by atomic mass is 10.1. The van der Waals surface area contributed by atoms with Crippen LogP contribution in [0.15, 0.2) is 18.2 Å². The second-order valence-corrected chi connectivity index (χ2v) is 6.62. The van der Waals surface area contributed by atoms with Gasteiger partial charge in [-0.1, -0.05) is 0 Å². The van der Waals surface area contributed by atoms with Crippen LogP contribution in [0.5, 0.6) is 0 Å². The molecule has 18 heavy (non-hydrogen) atoms. The minimum absolute atomic E-state index is 0.0289. The molecular formula is C12H18N2O3S. The normalized spacial score (nSPS) is 11.2. The fourth-order valence-corrected chi connectivity index (χ4v) is 2.20. The Labute approximate surface area is 107 Å². The van der Waals surface area contributed by atoms with Crippen molar-refractivity contribution in [2.24, 2.45) is 0 Å². The average molecular weight is 270 g/mol. The molecule has 0 unspecified atom stereocenters. The molecule has 0 aromatic heterocycles. The molecule has 1 aromatic rings. The fraction of sp³-hybridized carbons (Fsp3) is 0.417. The molecule has 100 valence electrons. The van der Waals surface area contributed by atoms with Gasteiger partial charge in [-0.3, -0.25) is 4.79 Å². The van der Waals surface area contributed by atoms with Crippen molar-refractivity contribution in [2.75, 3.05) is 23.1 Å². The molecule has 0 bridgehead atoms. The molecule has 0 aliphatic heterocycles. The Morgan fingerprint density at radius 3 is 2.61 bits per heavy atom.